The summed E-state index contributed by atoms with van der Waals surface area (Å²) in [7, 11) is 0. The van der Waals surface area contributed by atoms with Gasteiger partial charge in [0.25, 0.3) is 0 Å². The molecule has 0 aliphatic heterocycles. The maximum atomic E-state index is 2.39. The van der Waals surface area contributed by atoms with Crippen molar-refractivity contribution in [3.8, 4) is 50.2 Å². The third kappa shape index (κ3) is 6.23. The van der Waals surface area contributed by atoms with Crippen LogP contribution in [0.2, 0.25) is 0 Å². The van der Waals surface area contributed by atoms with Crippen LogP contribution in [-0.4, -0.2) is 4.57 Å². The van der Waals surface area contributed by atoms with E-state index < -0.39 is 0 Å². The van der Waals surface area contributed by atoms with E-state index in [0.717, 1.165) is 28.3 Å². The summed E-state index contributed by atoms with van der Waals surface area (Å²) in [6.45, 7) is 0. The smallest absolute Gasteiger partial charge is 0.0541 e. The quantitative estimate of drug-likeness (QED) is 0.150. The Labute approximate surface area is 350 Å². The number of hydrogen-bond acceptors (Lipinski definition) is 1. The summed E-state index contributed by atoms with van der Waals surface area (Å²) in [5.74, 6) is 0. The van der Waals surface area contributed by atoms with Crippen LogP contribution < -0.4 is 4.90 Å². The predicted molar refractivity (Wildman–Crippen MR) is 255 cm³/mol. The summed E-state index contributed by atoms with van der Waals surface area (Å²) < 4.78 is 2.38. The zero-order valence-corrected chi connectivity index (χ0v) is 33.0. The van der Waals surface area contributed by atoms with E-state index in [4.69, 9.17) is 0 Å². The highest BCUT2D eigenvalue weighted by molar-refractivity contribution is 6.09. The summed E-state index contributed by atoms with van der Waals surface area (Å²) in [6, 6.07) is 87.9. The molecule has 10 aromatic carbocycles. The molecule has 1 aromatic heterocycles. The molecule has 1 heterocycles. The second-order valence-electron chi connectivity index (χ2n) is 15.3. The minimum Gasteiger partial charge on any atom is -0.310 e. The van der Waals surface area contributed by atoms with Crippen molar-refractivity contribution in [2.75, 3.05) is 4.90 Å². The summed E-state index contributed by atoms with van der Waals surface area (Å²) >= 11 is 0. The number of benzene rings is 10. The first kappa shape index (κ1) is 35.2. The molecule has 11 rings (SSSR count). The van der Waals surface area contributed by atoms with Gasteiger partial charge >= 0.3 is 0 Å². The van der Waals surface area contributed by atoms with E-state index in [1.165, 1.54) is 71.5 Å². The molecule has 0 aliphatic carbocycles. The second kappa shape index (κ2) is 15.1. The third-order valence-electron chi connectivity index (χ3n) is 11.8. The monoisotopic (exact) mass is 764 g/mol. The number of nitrogens with zero attached hydrogens (tertiary/aromatic N) is 2. The number of rotatable bonds is 8. The van der Waals surface area contributed by atoms with Crippen LogP contribution in [0.5, 0.6) is 0 Å². The van der Waals surface area contributed by atoms with E-state index in [1.807, 2.05) is 0 Å². The van der Waals surface area contributed by atoms with Crippen LogP contribution in [0.1, 0.15) is 0 Å². The van der Waals surface area contributed by atoms with Crippen molar-refractivity contribution in [1.29, 1.82) is 0 Å². The average Bonchev–Trinajstić information content (AvgIpc) is 3.67. The van der Waals surface area contributed by atoms with Gasteiger partial charge in [0.1, 0.15) is 0 Å². The van der Waals surface area contributed by atoms with Crippen LogP contribution in [0.4, 0.5) is 17.1 Å². The van der Waals surface area contributed by atoms with Gasteiger partial charge in [-0.2, -0.15) is 0 Å². The van der Waals surface area contributed by atoms with Crippen LogP contribution in [0.15, 0.2) is 243 Å². The van der Waals surface area contributed by atoms with Crippen molar-refractivity contribution >= 4 is 49.6 Å². The molecule has 0 N–H and O–H groups in total. The zero-order chi connectivity index (χ0) is 39.8. The molecule has 0 radical (unpaired) electrons. The fraction of sp³-hybridized carbons (Fsp3) is 0. The summed E-state index contributed by atoms with van der Waals surface area (Å²) in [6.07, 6.45) is 0. The predicted octanol–water partition coefficient (Wildman–Crippen LogP) is 16.1. The lowest BCUT2D eigenvalue weighted by Crippen LogP contribution is -2.10. The van der Waals surface area contributed by atoms with E-state index in [-0.39, 0.29) is 0 Å². The van der Waals surface area contributed by atoms with Crippen LogP contribution >= 0.6 is 0 Å². The molecule has 0 amide bonds. The Bertz CT molecular complexity index is 3250. The van der Waals surface area contributed by atoms with Crippen molar-refractivity contribution < 1.29 is 0 Å². The average molecular weight is 765 g/mol. The Morgan fingerprint density at radius 3 is 1.47 bits per heavy atom. The first-order valence-corrected chi connectivity index (χ1v) is 20.6. The third-order valence-corrected chi connectivity index (χ3v) is 11.8. The lowest BCUT2D eigenvalue weighted by molar-refractivity contribution is 1.17. The molecule has 0 fully saturated rings. The van der Waals surface area contributed by atoms with Gasteiger partial charge in [-0.25, -0.2) is 0 Å². The summed E-state index contributed by atoms with van der Waals surface area (Å²) in [4.78, 5) is 2.39. The first-order chi connectivity index (χ1) is 29.8. The van der Waals surface area contributed by atoms with Gasteiger partial charge in [0, 0.05) is 33.5 Å². The highest BCUT2D eigenvalue weighted by atomic mass is 15.1. The molecule has 0 saturated heterocycles. The molecule has 282 valence electrons. The van der Waals surface area contributed by atoms with E-state index in [0.29, 0.717) is 0 Å². The number of aromatic nitrogens is 1. The SMILES string of the molecule is c1ccc(-c2ccccc2-c2c(-c3ccccc3)cccc2-c2cccc(N(c3ccc(-n4c5ccccc5c5ccccc54)cc3)c3ccc4ccccc4c3)c2)cc1. The van der Waals surface area contributed by atoms with Crippen molar-refractivity contribution in [3.05, 3.63) is 243 Å². The molecular formula is C58H40N2. The lowest BCUT2D eigenvalue weighted by Gasteiger charge is -2.27. The van der Waals surface area contributed by atoms with Gasteiger partial charge in [0.2, 0.25) is 0 Å². The maximum Gasteiger partial charge on any atom is 0.0541 e. The van der Waals surface area contributed by atoms with Gasteiger partial charge in [-0.05, 0) is 116 Å². The van der Waals surface area contributed by atoms with Crippen molar-refractivity contribution in [2.24, 2.45) is 0 Å². The number of fused-ring (bicyclic) bond motifs is 4. The van der Waals surface area contributed by atoms with E-state index in [9.17, 15) is 0 Å². The largest absolute Gasteiger partial charge is 0.310 e. The highest BCUT2D eigenvalue weighted by Crippen LogP contribution is 2.46. The Morgan fingerprint density at radius 1 is 0.283 bits per heavy atom. The molecule has 0 unspecified atom stereocenters. The van der Waals surface area contributed by atoms with Gasteiger partial charge in [-0.3, -0.25) is 0 Å². The molecule has 0 spiro atoms. The first-order valence-electron chi connectivity index (χ1n) is 20.6. The molecule has 2 heteroatoms. The zero-order valence-electron chi connectivity index (χ0n) is 33.0. The molecule has 0 bridgehead atoms. The molecular weight excluding hydrogens is 725 g/mol. The van der Waals surface area contributed by atoms with E-state index in [2.05, 4.69) is 252 Å². The van der Waals surface area contributed by atoms with Crippen molar-refractivity contribution in [1.82, 2.24) is 4.57 Å². The minimum absolute atomic E-state index is 1.08. The van der Waals surface area contributed by atoms with Crippen LogP contribution in [0.25, 0.3) is 82.8 Å². The number of para-hydroxylation sites is 2. The fourth-order valence-electron chi connectivity index (χ4n) is 9.04. The van der Waals surface area contributed by atoms with Crippen LogP contribution in [-0.2, 0) is 0 Å². The van der Waals surface area contributed by atoms with Crippen molar-refractivity contribution in [3.63, 3.8) is 0 Å². The topological polar surface area (TPSA) is 8.17 Å². The molecule has 0 saturated carbocycles. The Hall–Kier alpha value is -7.94. The van der Waals surface area contributed by atoms with Crippen LogP contribution in [0, 0.1) is 0 Å². The molecule has 0 atom stereocenters. The van der Waals surface area contributed by atoms with E-state index in [1.54, 1.807) is 0 Å². The van der Waals surface area contributed by atoms with Gasteiger partial charge in [0.05, 0.1) is 11.0 Å². The molecule has 60 heavy (non-hydrogen) atoms. The Morgan fingerprint density at radius 2 is 0.767 bits per heavy atom. The highest BCUT2D eigenvalue weighted by Gasteiger charge is 2.20. The van der Waals surface area contributed by atoms with Gasteiger partial charge in [-0.1, -0.05) is 182 Å². The minimum atomic E-state index is 1.08. The second-order valence-corrected chi connectivity index (χ2v) is 15.3. The Kier molecular flexibility index (Phi) is 8.87. The molecule has 11 aromatic rings. The summed E-state index contributed by atoms with van der Waals surface area (Å²) in [5, 5.41) is 4.94. The molecule has 2 nitrogen and oxygen atoms in total. The standard InChI is InChI=1S/C58H40N2/c1-3-18-42(19-4-1)50-25-9-10-28-55(50)58-51(43-20-5-2-6-21-43)29-16-30-52(58)45-23-15-24-48(40-45)59(49-34-33-41-17-7-8-22-44(41)39-49)46-35-37-47(38-36-46)60-56-31-13-11-26-53(56)54-27-12-14-32-57(54)60/h1-40H. The summed E-state index contributed by atoms with van der Waals surface area (Å²) in [5.41, 5.74) is 16.3. The van der Waals surface area contributed by atoms with Crippen molar-refractivity contribution in [2.45, 2.75) is 0 Å². The molecule has 0 aliphatic rings. The fourth-order valence-corrected chi connectivity index (χ4v) is 9.04. The van der Waals surface area contributed by atoms with Gasteiger partial charge in [-0.15, -0.1) is 0 Å². The maximum absolute atomic E-state index is 2.39. The normalized spacial score (nSPS) is 11.3. The number of hydrogen-bond donors (Lipinski definition) is 0. The van der Waals surface area contributed by atoms with Gasteiger partial charge < -0.3 is 9.47 Å². The lowest BCUT2D eigenvalue weighted by atomic mass is 9.84. The van der Waals surface area contributed by atoms with E-state index >= 15 is 0 Å². The van der Waals surface area contributed by atoms with Gasteiger partial charge in [0.15, 0.2) is 0 Å². The number of anilines is 3. The van der Waals surface area contributed by atoms with Crippen LogP contribution in [0.3, 0.4) is 0 Å². The Balaban J connectivity index is 1.09.